The summed E-state index contributed by atoms with van der Waals surface area (Å²) in [6.45, 7) is 2.78. The summed E-state index contributed by atoms with van der Waals surface area (Å²) >= 11 is 0. The molecule has 1 saturated heterocycles. The van der Waals surface area contributed by atoms with Crippen LogP contribution in [0.3, 0.4) is 0 Å². The number of aromatic nitrogens is 2. The maximum absolute atomic E-state index is 13.0. The highest BCUT2D eigenvalue weighted by Crippen LogP contribution is 2.18. The lowest BCUT2D eigenvalue weighted by Gasteiger charge is -2.31. The molecular weight excluding hydrogens is 269 g/mol. The summed E-state index contributed by atoms with van der Waals surface area (Å²) in [6.07, 6.45) is 3.77. The molecule has 0 unspecified atom stereocenters. The van der Waals surface area contributed by atoms with Gasteiger partial charge >= 0.3 is 0 Å². The van der Waals surface area contributed by atoms with Gasteiger partial charge < -0.3 is 4.74 Å². The van der Waals surface area contributed by atoms with Crippen LogP contribution in [0.25, 0.3) is 0 Å². The van der Waals surface area contributed by atoms with Crippen molar-refractivity contribution < 1.29 is 9.13 Å². The highest BCUT2D eigenvalue weighted by Gasteiger charge is 2.21. The number of rotatable bonds is 4. The van der Waals surface area contributed by atoms with Crippen LogP contribution in [0.15, 0.2) is 42.6 Å². The molecule has 0 saturated carbocycles. The van der Waals surface area contributed by atoms with Gasteiger partial charge in [0, 0.05) is 31.9 Å². The van der Waals surface area contributed by atoms with E-state index >= 15 is 0 Å². The predicted octanol–water partition coefficient (Wildman–Crippen LogP) is 2.66. The Morgan fingerprint density at radius 1 is 1.14 bits per heavy atom. The van der Waals surface area contributed by atoms with Gasteiger partial charge in [0.15, 0.2) is 0 Å². The highest BCUT2D eigenvalue weighted by molar-refractivity contribution is 5.11. The van der Waals surface area contributed by atoms with Crippen molar-refractivity contribution in [1.29, 1.82) is 0 Å². The molecule has 110 valence electrons. The fourth-order valence-corrected chi connectivity index (χ4v) is 2.53. The van der Waals surface area contributed by atoms with E-state index in [0.29, 0.717) is 5.88 Å². The van der Waals surface area contributed by atoms with Gasteiger partial charge in [0.05, 0.1) is 5.69 Å². The number of piperidine rings is 1. The monoisotopic (exact) mass is 287 g/mol. The Morgan fingerprint density at radius 3 is 2.71 bits per heavy atom. The topological polar surface area (TPSA) is 38.2 Å². The highest BCUT2D eigenvalue weighted by atomic mass is 19.1. The first-order chi connectivity index (χ1) is 10.3. The van der Waals surface area contributed by atoms with Crippen LogP contribution in [0.5, 0.6) is 5.88 Å². The van der Waals surface area contributed by atoms with E-state index in [1.807, 2.05) is 24.4 Å². The summed E-state index contributed by atoms with van der Waals surface area (Å²) in [5.74, 6) is -0.127. The van der Waals surface area contributed by atoms with Gasteiger partial charge in [-0.1, -0.05) is 12.1 Å². The minimum Gasteiger partial charge on any atom is -0.474 e. The van der Waals surface area contributed by atoms with Crippen LogP contribution in [-0.2, 0) is 6.54 Å². The second kappa shape index (κ2) is 6.63. The van der Waals surface area contributed by atoms with E-state index in [9.17, 15) is 4.39 Å². The number of likely N-dealkylation sites (tertiary alicyclic amines) is 1. The number of hydrogen-bond donors (Lipinski definition) is 0. The lowest BCUT2D eigenvalue weighted by atomic mass is 10.1. The SMILES string of the molecule is Fc1cccc(OC2CCN(Cc3ccccn3)CC2)n1. The number of hydrogen-bond acceptors (Lipinski definition) is 4. The first kappa shape index (κ1) is 13.9. The number of pyridine rings is 2. The normalized spacial score (nSPS) is 16.8. The molecule has 1 aliphatic rings. The van der Waals surface area contributed by atoms with Crippen molar-refractivity contribution in [2.24, 2.45) is 0 Å². The minimum absolute atomic E-state index is 0.110. The largest absolute Gasteiger partial charge is 0.474 e. The Balaban J connectivity index is 1.49. The fourth-order valence-electron chi connectivity index (χ4n) is 2.53. The summed E-state index contributed by atoms with van der Waals surface area (Å²) in [4.78, 5) is 10.4. The third kappa shape index (κ3) is 3.98. The predicted molar refractivity (Wildman–Crippen MR) is 77.4 cm³/mol. The summed E-state index contributed by atoms with van der Waals surface area (Å²) in [5.41, 5.74) is 1.09. The molecule has 0 atom stereocenters. The molecule has 3 rings (SSSR count). The van der Waals surface area contributed by atoms with Crippen molar-refractivity contribution in [2.75, 3.05) is 13.1 Å². The third-order valence-corrected chi connectivity index (χ3v) is 3.62. The van der Waals surface area contributed by atoms with Crippen molar-refractivity contribution in [3.8, 4) is 5.88 Å². The molecule has 2 aromatic rings. The average molecular weight is 287 g/mol. The molecule has 0 radical (unpaired) electrons. The van der Waals surface area contributed by atoms with Gasteiger partial charge in [-0.2, -0.15) is 9.37 Å². The van der Waals surface area contributed by atoms with Crippen LogP contribution in [0.4, 0.5) is 4.39 Å². The van der Waals surface area contributed by atoms with Gasteiger partial charge in [-0.05, 0) is 31.0 Å². The standard InChI is InChI=1S/C16H18FN3O/c17-15-5-3-6-16(19-15)21-14-7-10-20(11-8-14)12-13-4-1-2-9-18-13/h1-6,9,14H,7-8,10-12H2. The molecule has 21 heavy (non-hydrogen) atoms. The van der Waals surface area contributed by atoms with Crippen molar-refractivity contribution >= 4 is 0 Å². The molecule has 0 spiro atoms. The van der Waals surface area contributed by atoms with Crippen LogP contribution in [-0.4, -0.2) is 34.1 Å². The Morgan fingerprint density at radius 2 is 2.00 bits per heavy atom. The maximum atomic E-state index is 13.0. The molecule has 5 heteroatoms. The molecule has 0 aromatic carbocycles. The zero-order valence-electron chi connectivity index (χ0n) is 11.8. The fraction of sp³-hybridized carbons (Fsp3) is 0.375. The van der Waals surface area contributed by atoms with E-state index in [2.05, 4.69) is 14.9 Å². The van der Waals surface area contributed by atoms with E-state index < -0.39 is 5.95 Å². The van der Waals surface area contributed by atoms with Gasteiger partial charge in [-0.15, -0.1) is 0 Å². The molecule has 1 aliphatic heterocycles. The zero-order chi connectivity index (χ0) is 14.5. The molecule has 3 heterocycles. The van der Waals surface area contributed by atoms with Crippen molar-refractivity contribution in [3.05, 3.63) is 54.2 Å². The molecule has 1 fully saturated rings. The van der Waals surface area contributed by atoms with Crippen molar-refractivity contribution in [2.45, 2.75) is 25.5 Å². The van der Waals surface area contributed by atoms with Crippen LogP contribution in [0.1, 0.15) is 18.5 Å². The Labute approximate surface area is 123 Å². The van der Waals surface area contributed by atoms with Crippen LogP contribution in [0, 0.1) is 5.95 Å². The van der Waals surface area contributed by atoms with E-state index in [1.165, 1.54) is 6.07 Å². The lowest BCUT2D eigenvalue weighted by molar-refractivity contribution is 0.0919. The summed E-state index contributed by atoms with van der Waals surface area (Å²) in [6, 6.07) is 10.6. The van der Waals surface area contributed by atoms with E-state index in [4.69, 9.17) is 4.74 Å². The quantitative estimate of drug-likeness (QED) is 0.810. The molecule has 4 nitrogen and oxygen atoms in total. The van der Waals surface area contributed by atoms with Crippen molar-refractivity contribution in [3.63, 3.8) is 0 Å². The number of halogens is 1. The maximum Gasteiger partial charge on any atom is 0.216 e. The van der Waals surface area contributed by atoms with E-state index in [1.54, 1.807) is 12.1 Å². The van der Waals surface area contributed by atoms with Gasteiger partial charge in [0.25, 0.3) is 0 Å². The second-order valence-corrected chi connectivity index (χ2v) is 5.21. The van der Waals surface area contributed by atoms with Crippen molar-refractivity contribution in [1.82, 2.24) is 14.9 Å². The van der Waals surface area contributed by atoms with Gasteiger partial charge in [0.1, 0.15) is 6.10 Å². The van der Waals surface area contributed by atoms with E-state index in [0.717, 1.165) is 38.2 Å². The number of ether oxygens (including phenoxy) is 1. The summed E-state index contributed by atoms with van der Waals surface area (Å²) in [7, 11) is 0. The van der Waals surface area contributed by atoms with Gasteiger partial charge in [-0.3, -0.25) is 9.88 Å². The average Bonchev–Trinajstić information content (AvgIpc) is 2.50. The first-order valence-corrected chi connectivity index (χ1v) is 7.21. The van der Waals surface area contributed by atoms with Gasteiger partial charge in [0.2, 0.25) is 11.8 Å². The summed E-state index contributed by atoms with van der Waals surface area (Å²) in [5, 5.41) is 0. The van der Waals surface area contributed by atoms with E-state index in [-0.39, 0.29) is 6.10 Å². The first-order valence-electron chi connectivity index (χ1n) is 7.21. The lowest BCUT2D eigenvalue weighted by Crippen LogP contribution is -2.38. The Hall–Kier alpha value is -2.01. The molecular formula is C16H18FN3O. The molecule has 0 N–H and O–H groups in total. The molecule has 0 amide bonds. The molecule has 2 aromatic heterocycles. The second-order valence-electron chi connectivity index (χ2n) is 5.21. The van der Waals surface area contributed by atoms with Gasteiger partial charge in [-0.25, -0.2) is 0 Å². The smallest absolute Gasteiger partial charge is 0.216 e. The van der Waals surface area contributed by atoms with Crippen LogP contribution < -0.4 is 4.74 Å². The molecule has 0 aliphatic carbocycles. The third-order valence-electron chi connectivity index (χ3n) is 3.62. The minimum atomic E-state index is -0.500. The van der Waals surface area contributed by atoms with Crippen LogP contribution in [0.2, 0.25) is 0 Å². The molecule has 0 bridgehead atoms. The Kier molecular flexibility index (Phi) is 4.40. The zero-order valence-corrected chi connectivity index (χ0v) is 11.8. The Bertz CT molecular complexity index is 571. The van der Waals surface area contributed by atoms with Crippen LogP contribution >= 0.6 is 0 Å². The summed E-state index contributed by atoms with van der Waals surface area (Å²) < 4.78 is 18.8. The number of nitrogens with zero attached hydrogens (tertiary/aromatic N) is 3.